The van der Waals surface area contributed by atoms with Gasteiger partial charge in [0.05, 0.1) is 0 Å². The van der Waals surface area contributed by atoms with Crippen LogP contribution in [0.2, 0.25) is 0 Å². The van der Waals surface area contributed by atoms with Gasteiger partial charge in [-0.05, 0) is 33.8 Å². The smallest absolute Gasteiger partial charge is 0.226 e. The summed E-state index contributed by atoms with van der Waals surface area (Å²) in [6.07, 6.45) is 0. The molecule has 5 heteroatoms. The van der Waals surface area contributed by atoms with Gasteiger partial charge >= 0.3 is 0 Å². The third kappa shape index (κ3) is 3.21. The molecule has 0 spiro atoms. The lowest BCUT2D eigenvalue weighted by atomic mass is 10.1. The largest absolute Gasteiger partial charge is 0.338 e. The normalized spacial score (nSPS) is 17.3. The number of piperazine rings is 1. The Kier molecular flexibility index (Phi) is 3.72. The number of nitrogens with zero attached hydrogens (tertiary/aromatic N) is 5. The first-order valence-corrected chi connectivity index (χ1v) is 6.66. The summed E-state index contributed by atoms with van der Waals surface area (Å²) >= 11 is 0. The van der Waals surface area contributed by atoms with Crippen LogP contribution in [0.4, 0.5) is 5.95 Å². The van der Waals surface area contributed by atoms with Crippen molar-refractivity contribution in [3.8, 4) is 6.07 Å². The Morgan fingerprint density at radius 1 is 1.16 bits per heavy atom. The van der Waals surface area contributed by atoms with E-state index < -0.39 is 0 Å². The zero-order chi connectivity index (χ0) is 14.0. The Hall–Kier alpha value is -1.67. The van der Waals surface area contributed by atoms with E-state index in [0.29, 0.717) is 11.6 Å². The first-order valence-electron chi connectivity index (χ1n) is 6.66. The maximum Gasteiger partial charge on any atom is 0.226 e. The van der Waals surface area contributed by atoms with Gasteiger partial charge in [-0.25, -0.2) is 9.97 Å². The summed E-state index contributed by atoms with van der Waals surface area (Å²) in [6, 6.07) is 3.81. The summed E-state index contributed by atoms with van der Waals surface area (Å²) in [4.78, 5) is 13.4. The number of hydrogen-bond acceptors (Lipinski definition) is 5. The van der Waals surface area contributed by atoms with E-state index >= 15 is 0 Å². The molecule has 1 aliphatic heterocycles. The number of aromatic nitrogens is 2. The van der Waals surface area contributed by atoms with Gasteiger partial charge in [-0.2, -0.15) is 5.26 Å². The van der Waals surface area contributed by atoms with Gasteiger partial charge < -0.3 is 4.90 Å². The molecule has 0 N–H and O–H groups in total. The SMILES string of the molecule is Cc1cc(C#N)nc(N2CCN(C(C)(C)C)CC2)n1. The van der Waals surface area contributed by atoms with E-state index in [-0.39, 0.29) is 5.54 Å². The van der Waals surface area contributed by atoms with Crippen molar-refractivity contribution >= 4 is 5.95 Å². The minimum Gasteiger partial charge on any atom is -0.338 e. The monoisotopic (exact) mass is 259 g/mol. The molecular weight excluding hydrogens is 238 g/mol. The minimum atomic E-state index is 0.206. The molecule has 2 rings (SSSR count). The van der Waals surface area contributed by atoms with Crippen LogP contribution in [0.25, 0.3) is 0 Å². The Labute approximate surface area is 114 Å². The molecular formula is C14H21N5. The van der Waals surface area contributed by atoms with Crippen LogP contribution in [0.5, 0.6) is 0 Å². The lowest BCUT2D eigenvalue weighted by Crippen LogP contribution is -2.53. The van der Waals surface area contributed by atoms with Crippen LogP contribution < -0.4 is 4.90 Å². The number of aryl methyl sites for hydroxylation is 1. The van der Waals surface area contributed by atoms with E-state index in [0.717, 1.165) is 31.9 Å². The lowest BCUT2D eigenvalue weighted by molar-refractivity contribution is 0.128. The highest BCUT2D eigenvalue weighted by atomic mass is 15.3. The molecule has 1 fully saturated rings. The molecule has 5 nitrogen and oxygen atoms in total. The lowest BCUT2D eigenvalue weighted by Gasteiger charge is -2.42. The molecule has 0 atom stereocenters. The second kappa shape index (κ2) is 5.14. The van der Waals surface area contributed by atoms with Crippen molar-refractivity contribution in [1.82, 2.24) is 14.9 Å². The molecule has 1 aromatic rings. The van der Waals surface area contributed by atoms with Gasteiger partial charge in [0.1, 0.15) is 11.8 Å². The second-order valence-electron chi connectivity index (χ2n) is 5.95. The molecule has 0 amide bonds. The highest BCUT2D eigenvalue weighted by Crippen LogP contribution is 2.18. The Morgan fingerprint density at radius 2 is 1.79 bits per heavy atom. The summed E-state index contributed by atoms with van der Waals surface area (Å²) in [5, 5.41) is 8.97. The highest BCUT2D eigenvalue weighted by Gasteiger charge is 2.26. The van der Waals surface area contributed by atoms with Crippen LogP contribution >= 0.6 is 0 Å². The van der Waals surface area contributed by atoms with Crippen LogP contribution in [0.1, 0.15) is 32.2 Å². The zero-order valence-electron chi connectivity index (χ0n) is 12.1. The molecule has 19 heavy (non-hydrogen) atoms. The molecule has 0 unspecified atom stereocenters. The molecule has 0 aromatic carbocycles. The molecule has 0 saturated carbocycles. The Morgan fingerprint density at radius 3 is 2.32 bits per heavy atom. The summed E-state index contributed by atoms with van der Waals surface area (Å²) in [7, 11) is 0. The third-order valence-corrected chi connectivity index (χ3v) is 3.47. The maximum absolute atomic E-state index is 8.97. The van der Waals surface area contributed by atoms with Crippen molar-refractivity contribution in [1.29, 1.82) is 5.26 Å². The van der Waals surface area contributed by atoms with Gasteiger partial charge in [-0.15, -0.1) is 0 Å². The molecule has 0 radical (unpaired) electrons. The van der Waals surface area contributed by atoms with Crippen molar-refractivity contribution in [2.24, 2.45) is 0 Å². The predicted molar refractivity (Wildman–Crippen MR) is 75.0 cm³/mol. The number of hydrogen-bond donors (Lipinski definition) is 0. The van der Waals surface area contributed by atoms with Gasteiger partial charge in [0, 0.05) is 37.4 Å². The molecule has 2 heterocycles. The molecule has 1 aliphatic rings. The van der Waals surface area contributed by atoms with Crippen molar-refractivity contribution in [3.05, 3.63) is 17.5 Å². The van der Waals surface area contributed by atoms with Crippen molar-refractivity contribution in [2.45, 2.75) is 33.2 Å². The average Bonchev–Trinajstić information content (AvgIpc) is 2.37. The number of rotatable bonds is 1. The fourth-order valence-electron chi connectivity index (χ4n) is 2.33. The molecule has 1 aromatic heterocycles. The standard InChI is InChI=1S/C14H21N5/c1-11-9-12(10-15)17-13(16-11)18-5-7-19(8-6-18)14(2,3)4/h9H,5-8H2,1-4H3. The first kappa shape index (κ1) is 13.8. The fourth-order valence-corrected chi connectivity index (χ4v) is 2.33. The third-order valence-electron chi connectivity index (χ3n) is 3.47. The summed E-state index contributed by atoms with van der Waals surface area (Å²) < 4.78 is 0. The predicted octanol–water partition coefficient (Wildman–Crippen LogP) is 1.58. The van der Waals surface area contributed by atoms with Crippen molar-refractivity contribution < 1.29 is 0 Å². The van der Waals surface area contributed by atoms with Gasteiger partial charge in [-0.3, -0.25) is 4.90 Å². The van der Waals surface area contributed by atoms with Crippen LogP contribution in [0.15, 0.2) is 6.07 Å². The van der Waals surface area contributed by atoms with E-state index in [2.05, 4.69) is 46.6 Å². The van der Waals surface area contributed by atoms with Gasteiger partial charge in [0.15, 0.2) is 0 Å². The van der Waals surface area contributed by atoms with E-state index in [1.165, 1.54) is 0 Å². The Bertz CT molecular complexity index is 490. The van der Waals surface area contributed by atoms with E-state index in [1.807, 2.05) is 6.92 Å². The number of nitriles is 1. The van der Waals surface area contributed by atoms with E-state index in [4.69, 9.17) is 5.26 Å². The topological polar surface area (TPSA) is 56.1 Å². The van der Waals surface area contributed by atoms with Gasteiger partial charge in [0.2, 0.25) is 5.95 Å². The van der Waals surface area contributed by atoms with Gasteiger partial charge in [0.25, 0.3) is 0 Å². The first-order chi connectivity index (χ1) is 8.90. The fraction of sp³-hybridized carbons (Fsp3) is 0.643. The highest BCUT2D eigenvalue weighted by molar-refractivity contribution is 5.36. The molecule has 0 bridgehead atoms. The minimum absolute atomic E-state index is 0.206. The summed E-state index contributed by atoms with van der Waals surface area (Å²) in [6.45, 7) is 12.4. The molecule has 0 aliphatic carbocycles. The Balaban J connectivity index is 2.10. The maximum atomic E-state index is 8.97. The summed E-state index contributed by atoms with van der Waals surface area (Å²) in [5.74, 6) is 0.685. The van der Waals surface area contributed by atoms with Crippen LogP contribution in [0, 0.1) is 18.3 Å². The van der Waals surface area contributed by atoms with Crippen LogP contribution in [-0.2, 0) is 0 Å². The van der Waals surface area contributed by atoms with Gasteiger partial charge in [-0.1, -0.05) is 0 Å². The number of anilines is 1. The van der Waals surface area contributed by atoms with Crippen LogP contribution in [-0.4, -0.2) is 46.6 Å². The quantitative estimate of drug-likeness (QED) is 0.766. The molecule has 1 saturated heterocycles. The van der Waals surface area contributed by atoms with E-state index in [9.17, 15) is 0 Å². The summed E-state index contributed by atoms with van der Waals surface area (Å²) in [5.41, 5.74) is 1.50. The average molecular weight is 259 g/mol. The second-order valence-corrected chi connectivity index (χ2v) is 5.95. The molecule has 102 valence electrons. The van der Waals surface area contributed by atoms with Crippen molar-refractivity contribution in [2.75, 3.05) is 31.1 Å². The van der Waals surface area contributed by atoms with Crippen LogP contribution in [0.3, 0.4) is 0 Å². The zero-order valence-corrected chi connectivity index (χ0v) is 12.1. The van der Waals surface area contributed by atoms with Crippen molar-refractivity contribution in [3.63, 3.8) is 0 Å². The van der Waals surface area contributed by atoms with E-state index in [1.54, 1.807) is 6.07 Å².